The van der Waals surface area contributed by atoms with Crippen LogP contribution in [0.4, 0.5) is 5.13 Å². The lowest BCUT2D eigenvalue weighted by molar-refractivity contribution is -0.142. The number of ether oxygens (including phenoxy) is 1. The van der Waals surface area contributed by atoms with Gasteiger partial charge in [-0.1, -0.05) is 29.5 Å². The highest BCUT2D eigenvalue weighted by Crippen LogP contribution is 2.23. The smallest absolute Gasteiger partial charge is 0.330 e. The molecule has 0 aliphatic carbocycles. The van der Waals surface area contributed by atoms with Crippen LogP contribution >= 0.6 is 22.7 Å². The molecule has 1 unspecified atom stereocenters. The molecular formula is C23H22N6O5S2. The van der Waals surface area contributed by atoms with Gasteiger partial charge < -0.3 is 20.7 Å². The van der Waals surface area contributed by atoms with E-state index in [-0.39, 0.29) is 34.8 Å². The van der Waals surface area contributed by atoms with Crippen LogP contribution in [-0.2, 0) is 20.7 Å². The summed E-state index contributed by atoms with van der Waals surface area (Å²) in [6, 6.07) is 7.82. The number of aromatic amines is 1. The van der Waals surface area contributed by atoms with Crippen LogP contribution < -0.4 is 16.0 Å². The third-order valence-corrected chi connectivity index (χ3v) is 7.12. The van der Waals surface area contributed by atoms with Crippen LogP contribution in [0, 0.1) is 6.92 Å². The minimum Gasteiger partial charge on any atom is -0.467 e. The number of amides is 3. The molecule has 186 valence electrons. The van der Waals surface area contributed by atoms with Gasteiger partial charge in [0, 0.05) is 11.9 Å². The Bertz CT molecular complexity index is 1410. The molecule has 3 aromatic heterocycles. The number of benzene rings is 1. The fraction of sp³-hybridized carbons (Fsp3) is 0.217. The lowest BCUT2D eigenvalue weighted by Crippen LogP contribution is -2.48. The summed E-state index contributed by atoms with van der Waals surface area (Å²) in [4.78, 5) is 54.9. The Hall–Kier alpha value is -4.10. The van der Waals surface area contributed by atoms with E-state index in [1.165, 1.54) is 18.4 Å². The first-order valence-electron chi connectivity index (χ1n) is 10.7. The van der Waals surface area contributed by atoms with E-state index in [2.05, 4.69) is 31.1 Å². The van der Waals surface area contributed by atoms with E-state index in [0.717, 1.165) is 27.8 Å². The number of fused-ring (bicyclic) bond motifs is 1. The Kier molecular flexibility index (Phi) is 7.71. The number of thiophene rings is 1. The number of thiazole rings is 1. The summed E-state index contributed by atoms with van der Waals surface area (Å²) >= 11 is 2.24. The number of aromatic nitrogens is 3. The lowest BCUT2D eigenvalue weighted by Gasteiger charge is -2.16. The molecule has 1 aromatic carbocycles. The maximum Gasteiger partial charge on any atom is 0.330 e. The highest BCUT2D eigenvalue weighted by Gasteiger charge is 2.26. The van der Waals surface area contributed by atoms with E-state index >= 15 is 0 Å². The Morgan fingerprint density at radius 1 is 1.14 bits per heavy atom. The van der Waals surface area contributed by atoms with Gasteiger partial charge in [-0.2, -0.15) is 5.10 Å². The molecule has 0 saturated heterocycles. The standard InChI is InChI=1S/C23H22N6O5S2/c1-12-19(21(32)27-16(22(33)34-2)11-24-20(31)17-7-4-8-35-17)36-23(26-12)28-18(30)9-13-5-3-6-15-14(13)10-25-29-15/h3-8,10,16H,9,11H2,1-2H3,(H,24,31)(H,25,29)(H,27,32)(H,26,28,30). The molecule has 0 radical (unpaired) electrons. The zero-order valence-corrected chi connectivity index (χ0v) is 20.9. The number of carbonyl (C=O) groups is 4. The van der Waals surface area contributed by atoms with Crippen molar-refractivity contribution < 1.29 is 23.9 Å². The van der Waals surface area contributed by atoms with Crippen molar-refractivity contribution >= 4 is 62.4 Å². The van der Waals surface area contributed by atoms with Crippen LogP contribution in [0.5, 0.6) is 0 Å². The molecule has 0 aliphatic rings. The number of H-pyrrole nitrogens is 1. The van der Waals surface area contributed by atoms with Gasteiger partial charge in [-0.15, -0.1) is 11.3 Å². The number of anilines is 1. The van der Waals surface area contributed by atoms with E-state index in [4.69, 9.17) is 4.74 Å². The number of aryl methyl sites for hydroxylation is 1. The normalized spacial score (nSPS) is 11.6. The Morgan fingerprint density at radius 2 is 1.97 bits per heavy atom. The second-order valence-electron chi connectivity index (χ2n) is 7.64. The van der Waals surface area contributed by atoms with Crippen LogP contribution in [0.2, 0.25) is 0 Å². The van der Waals surface area contributed by atoms with Crippen molar-refractivity contribution in [1.29, 1.82) is 0 Å². The third kappa shape index (κ3) is 5.75. The predicted molar refractivity (Wildman–Crippen MR) is 135 cm³/mol. The van der Waals surface area contributed by atoms with Crippen LogP contribution in [-0.4, -0.2) is 58.6 Å². The molecule has 4 N–H and O–H groups in total. The molecule has 1 atom stereocenters. The fourth-order valence-electron chi connectivity index (χ4n) is 3.43. The highest BCUT2D eigenvalue weighted by molar-refractivity contribution is 7.17. The van der Waals surface area contributed by atoms with Gasteiger partial charge in [-0.05, 0) is 30.0 Å². The molecule has 0 saturated carbocycles. The number of methoxy groups -OCH3 is 1. The maximum atomic E-state index is 12.9. The lowest BCUT2D eigenvalue weighted by atomic mass is 10.1. The fourth-order valence-corrected chi connectivity index (χ4v) is 4.96. The largest absolute Gasteiger partial charge is 0.467 e. The Labute approximate surface area is 213 Å². The van der Waals surface area contributed by atoms with Crippen LogP contribution in [0.25, 0.3) is 10.9 Å². The van der Waals surface area contributed by atoms with Crippen molar-refractivity contribution in [3.05, 3.63) is 62.9 Å². The molecule has 3 amide bonds. The Balaban J connectivity index is 1.39. The van der Waals surface area contributed by atoms with E-state index in [0.29, 0.717) is 10.6 Å². The summed E-state index contributed by atoms with van der Waals surface area (Å²) in [7, 11) is 1.19. The van der Waals surface area contributed by atoms with E-state index in [1.807, 2.05) is 18.2 Å². The minimum absolute atomic E-state index is 0.103. The molecule has 4 rings (SSSR count). The van der Waals surface area contributed by atoms with Crippen molar-refractivity contribution in [1.82, 2.24) is 25.8 Å². The monoisotopic (exact) mass is 526 g/mol. The molecule has 36 heavy (non-hydrogen) atoms. The first kappa shape index (κ1) is 25.0. The van der Waals surface area contributed by atoms with Crippen LogP contribution in [0.15, 0.2) is 41.9 Å². The summed E-state index contributed by atoms with van der Waals surface area (Å²) in [5.74, 6) is -1.94. The van der Waals surface area contributed by atoms with Crippen LogP contribution in [0.1, 0.15) is 30.6 Å². The number of hydrogen-bond donors (Lipinski definition) is 4. The third-order valence-electron chi connectivity index (χ3n) is 5.18. The summed E-state index contributed by atoms with van der Waals surface area (Å²) < 4.78 is 4.76. The van der Waals surface area contributed by atoms with Gasteiger partial charge in [0.15, 0.2) is 5.13 Å². The number of rotatable bonds is 9. The van der Waals surface area contributed by atoms with Gasteiger partial charge in [0.25, 0.3) is 11.8 Å². The van der Waals surface area contributed by atoms with E-state index in [1.54, 1.807) is 30.6 Å². The topological polar surface area (TPSA) is 155 Å². The van der Waals surface area contributed by atoms with E-state index in [9.17, 15) is 19.2 Å². The molecule has 0 spiro atoms. The first-order valence-corrected chi connectivity index (χ1v) is 12.4. The van der Waals surface area contributed by atoms with Gasteiger partial charge in [0.05, 0.1) is 35.8 Å². The highest BCUT2D eigenvalue weighted by atomic mass is 32.1. The molecular weight excluding hydrogens is 504 g/mol. The summed E-state index contributed by atoms with van der Waals surface area (Å²) in [5.41, 5.74) is 2.02. The molecule has 0 fully saturated rings. The van der Waals surface area contributed by atoms with E-state index < -0.39 is 17.9 Å². The van der Waals surface area contributed by atoms with Gasteiger partial charge in [-0.3, -0.25) is 19.5 Å². The number of nitrogens with zero attached hydrogens (tertiary/aromatic N) is 2. The molecule has 13 heteroatoms. The molecule has 0 bridgehead atoms. The van der Waals surface area contributed by atoms with Gasteiger partial charge >= 0.3 is 5.97 Å². The number of nitrogens with one attached hydrogen (secondary N) is 4. The van der Waals surface area contributed by atoms with Crippen molar-refractivity contribution in [2.45, 2.75) is 19.4 Å². The zero-order chi connectivity index (χ0) is 25.7. The second-order valence-corrected chi connectivity index (χ2v) is 9.59. The summed E-state index contributed by atoms with van der Waals surface area (Å²) in [5, 5.41) is 17.6. The predicted octanol–water partition coefficient (Wildman–Crippen LogP) is 2.27. The summed E-state index contributed by atoms with van der Waals surface area (Å²) in [6.07, 6.45) is 1.76. The maximum absolute atomic E-state index is 12.9. The average Bonchev–Trinajstić information content (AvgIpc) is 3.62. The SMILES string of the molecule is COC(=O)C(CNC(=O)c1cccs1)NC(=O)c1sc(NC(=O)Cc2cccc3[nH]ncc23)nc1C. The van der Waals surface area contributed by atoms with Crippen LogP contribution in [0.3, 0.4) is 0 Å². The molecule has 4 aromatic rings. The number of esters is 1. The van der Waals surface area contributed by atoms with Gasteiger partial charge in [0.2, 0.25) is 5.91 Å². The summed E-state index contributed by atoms with van der Waals surface area (Å²) in [6.45, 7) is 1.47. The second kappa shape index (κ2) is 11.1. The minimum atomic E-state index is -1.11. The van der Waals surface area contributed by atoms with Crippen molar-refractivity contribution in [2.75, 3.05) is 19.0 Å². The number of carbonyl (C=O) groups excluding carboxylic acids is 4. The Morgan fingerprint density at radius 3 is 2.72 bits per heavy atom. The van der Waals surface area contributed by atoms with Gasteiger partial charge in [-0.25, -0.2) is 9.78 Å². The molecule has 0 aliphatic heterocycles. The number of hydrogen-bond acceptors (Lipinski definition) is 9. The quantitative estimate of drug-likeness (QED) is 0.244. The van der Waals surface area contributed by atoms with Crippen molar-refractivity contribution in [3.8, 4) is 0 Å². The zero-order valence-electron chi connectivity index (χ0n) is 19.3. The first-order chi connectivity index (χ1) is 17.4. The molecule has 3 heterocycles. The molecule has 11 nitrogen and oxygen atoms in total. The average molecular weight is 527 g/mol. The van der Waals surface area contributed by atoms with Crippen molar-refractivity contribution in [3.63, 3.8) is 0 Å². The van der Waals surface area contributed by atoms with Crippen molar-refractivity contribution in [2.24, 2.45) is 0 Å². The van der Waals surface area contributed by atoms with Gasteiger partial charge in [0.1, 0.15) is 10.9 Å².